The summed E-state index contributed by atoms with van der Waals surface area (Å²) in [7, 11) is 0. The zero-order valence-electron chi connectivity index (χ0n) is 10.5. The fraction of sp³-hybridized carbons (Fsp3) is 0.308. The third-order valence-corrected chi connectivity index (χ3v) is 3.89. The summed E-state index contributed by atoms with van der Waals surface area (Å²) in [6.45, 7) is -1.62. The Balaban J connectivity index is 1.88. The predicted molar refractivity (Wildman–Crippen MR) is 78.3 cm³/mol. The number of thiazole rings is 1. The lowest BCUT2D eigenvalue weighted by molar-refractivity contribution is -0.0505. The van der Waals surface area contributed by atoms with Gasteiger partial charge >= 0.3 is 6.61 Å². The molecule has 20 heavy (non-hydrogen) atoms. The van der Waals surface area contributed by atoms with E-state index in [1.807, 2.05) is 5.38 Å². The Hall–Kier alpha value is -1.05. The first-order chi connectivity index (χ1) is 9.65. The van der Waals surface area contributed by atoms with E-state index < -0.39 is 6.61 Å². The molecule has 0 unspecified atom stereocenters. The lowest BCUT2D eigenvalue weighted by atomic mass is 10.2. The van der Waals surface area contributed by atoms with Gasteiger partial charge in [-0.1, -0.05) is 15.9 Å². The number of hydrogen-bond donors (Lipinski definition) is 1. The number of ether oxygens (including phenoxy) is 1. The second-order valence-corrected chi connectivity index (χ2v) is 5.88. The molecule has 0 saturated heterocycles. The van der Waals surface area contributed by atoms with Crippen molar-refractivity contribution in [1.29, 1.82) is 0 Å². The van der Waals surface area contributed by atoms with Gasteiger partial charge < -0.3 is 10.1 Å². The van der Waals surface area contributed by atoms with Crippen LogP contribution < -0.4 is 10.1 Å². The number of nitrogens with one attached hydrogen (secondary N) is 1. The van der Waals surface area contributed by atoms with E-state index in [1.165, 1.54) is 6.07 Å². The normalized spacial score (nSPS) is 11.0. The van der Waals surface area contributed by atoms with Crippen molar-refractivity contribution in [3.05, 3.63) is 44.8 Å². The molecule has 108 valence electrons. The summed E-state index contributed by atoms with van der Waals surface area (Å²) in [4.78, 5) is 4.18. The van der Waals surface area contributed by atoms with Crippen molar-refractivity contribution in [2.24, 2.45) is 0 Å². The van der Waals surface area contributed by atoms with E-state index in [2.05, 4.69) is 31.0 Å². The molecular formula is C13H13BrF2N2OS. The molecule has 0 atom stereocenters. The fourth-order valence-corrected chi connectivity index (χ4v) is 2.72. The molecule has 0 aliphatic carbocycles. The number of hydrogen-bond acceptors (Lipinski definition) is 4. The summed E-state index contributed by atoms with van der Waals surface area (Å²) < 4.78 is 30.0. The number of alkyl halides is 2. The first kappa shape index (κ1) is 15.3. The average Bonchev–Trinajstić information content (AvgIpc) is 2.90. The van der Waals surface area contributed by atoms with Gasteiger partial charge in [0.2, 0.25) is 0 Å². The van der Waals surface area contributed by atoms with Crippen LogP contribution in [-0.2, 0) is 13.0 Å². The SMILES string of the molecule is FC(F)Oc1ccc(Br)cc1CNCCc1nccs1. The lowest BCUT2D eigenvalue weighted by Gasteiger charge is -2.11. The summed E-state index contributed by atoms with van der Waals surface area (Å²) in [5.74, 6) is 0.199. The van der Waals surface area contributed by atoms with Gasteiger partial charge in [0.1, 0.15) is 5.75 Å². The van der Waals surface area contributed by atoms with E-state index in [1.54, 1.807) is 29.7 Å². The van der Waals surface area contributed by atoms with Gasteiger partial charge in [-0.3, -0.25) is 0 Å². The molecule has 0 amide bonds. The van der Waals surface area contributed by atoms with Crippen LogP contribution in [-0.4, -0.2) is 18.1 Å². The monoisotopic (exact) mass is 362 g/mol. The molecule has 0 saturated carbocycles. The summed E-state index contributed by atoms with van der Waals surface area (Å²) in [6.07, 6.45) is 2.58. The van der Waals surface area contributed by atoms with Crippen molar-refractivity contribution in [3.63, 3.8) is 0 Å². The number of halogens is 3. The van der Waals surface area contributed by atoms with Crippen LogP contribution in [0.1, 0.15) is 10.6 Å². The van der Waals surface area contributed by atoms with Crippen molar-refractivity contribution < 1.29 is 13.5 Å². The van der Waals surface area contributed by atoms with Gasteiger partial charge in [0.05, 0.1) is 5.01 Å². The van der Waals surface area contributed by atoms with Crippen molar-refractivity contribution in [2.75, 3.05) is 6.54 Å². The molecule has 0 fully saturated rings. The van der Waals surface area contributed by atoms with Gasteiger partial charge in [0.15, 0.2) is 0 Å². The molecule has 0 radical (unpaired) electrons. The maximum absolute atomic E-state index is 12.3. The molecule has 0 spiro atoms. The molecular weight excluding hydrogens is 350 g/mol. The highest BCUT2D eigenvalue weighted by atomic mass is 79.9. The van der Waals surface area contributed by atoms with Crippen LogP contribution in [0.5, 0.6) is 5.75 Å². The first-order valence-electron chi connectivity index (χ1n) is 5.97. The van der Waals surface area contributed by atoms with Crippen molar-refractivity contribution in [3.8, 4) is 5.75 Å². The Morgan fingerprint density at radius 3 is 2.95 bits per heavy atom. The van der Waals surface area contributed by atoms with E-state index >= 15 is 0 Å². The van der Waals surface area contributed by atoms with E-state index in [0.717, 1.165) is 22.4 Å². The number of rotatable bonds is 7. The highest BCUT2D eigenvalue weighted by Gasteiger charge is 2.10. The lowest BCUT2D eigenvalue weighted by Crippen LogP contribution is -2.17. The maximum Gasteiger partial charge on any atom is 0.387 e. The van der Waals surface area contributed by atoms with Gasteiger partial charge in [-0.2, -0.15) is 8.78 Å². The summed E-state index contributed by atoms with van der Waals surface area (Å²) in [5, 5.41) is 6.18. The molecule has 0 bridgehead atoms. The largest absolute Gasteiger partial charge is 0.434 e. The minimum Gasteiger partial charge on any atom is -0.434 e. The van der Waals surface area contributed by atoms with Gasteiger partial charge in [-0.05, 0) is 18.2 Å². The number of nitrogens with zero attached hydrogens (tertiary/aromatic N) is 1. The molecule has 0 aliphatic rings. The third kappa shape index (κ3) is 4.81. The van der Waals surface area contributed by atoms with E-state index in [0.29, 0.717) is 12.1 Å². The fourth-order valence-electron chi connectivity index (χ4n) is 1.69. The van der Waals surface area contributed by atoms with Crippen LogP contribution in [0, 0.1) is 0 Å². The predicted octanol–water partition coefficient (Wildman–Crippen LogP) is 3.84. The standard InChI is InChI=1S/C13H13BrF2N2OS/c14-10-1-2-11(19-13(15)16)9(7-10)8-17-4-3-12-18-5-6-20-12/h1-2,5-7,13,17H,3-4,8H2. The zero-order chi connectivity index (χ0) is 14.4. The molecule has 3 nitrogen and oxygen atoms in total. The van der Waals surface area contributed by atoms with Crippen molar-refractivity contribution in [1.82, 2.24) is 10.3 Å². The Bertz CT molecular complexity index is 537. The van der Waals surface area contributed by atoms with Crippen LogP contribution >= 0.6 is 27.3 Å². The van der Waals surface area contributed by atoms with Crippen LogP contribution in [0.2, 0.25) is 0 Å². The summed E-state index contributed by atoms with van der Waals surface area (Å²) in [5.41, 5.74) is 0.693. The molecule has 2 rings (SSSR count). The molecule has 1 aromatic carbocycles. The second-order valence-electron chi connectivity index (χ2n) is 3.98. The Morgan fingerprint density at radius 2 is 2.25 bits per heavy atom. The van der Waals surface area contributed by atoms with Crippen LogP contribution in [0.3, 0.4) is 0 Å². The summed E-state index contributed by atoms with van der Waals surface area (Å²) >= 11 is 4.92. The molecule has 0 aliphatic heterocycles. The van der Waals surface area contributed by atoms with Gasteiger partial charge in [-0.25, -0.2) is 4.98 Å². The topological polar surface area (TPSA) is 34.1 Å². The number of aromatic nitrogens is 1. The van der Waals surface area contributed by atoms with E-state index in [4.69, 9.17) is 0 Å². The molecule has 1 heterocycles. The second kappa shape index (κ2) is 7.66. The van der Waals surface area contributed by atoms with E-state index in [-0.39, 0.29) is 5.75 Å². The highest BCUT2D eigenvalue weighted by molar-refractivity contribution is 9.10. The van der Waals surface area contributed by atoms with E-state index in [9.17, 15) is 8.78 Å². The van der Waals surface area contributed by atoms with Crippen LogP contribution in [0.15, 0.2) is 34.2 Å². The smallest absolute Gasteiger partial charge is 0.387 e. The summed E-state index contributed by atoms with van der Waals surface area (Å²) in [6, 6.07) is 4.99. The number of benzene rings is 1. The average molecular weight is 363 g/mol. The van der Waals surface area contributed by atoms with Gasteiger partial charge in [-0.15, -0.1) is 11.3 Å². The molecule has 1 N–H and O–H groups in total. The first-order valence-corrected chi connectivity index (χ1v) is 7.65. The van der Waals surface area contributed by atoms with Gasteiger partial charge in [0, 0.05) is 41.1 Å². The minimum atomic E-state index is -2.81. The van der Waals surface area contributed by atoms with Crippen LogP contribution in [0.25, 0.3) is 0 Å². The molecule has 1 aromatic heterocycles. The maximum atomic E-state index is 12.3. The Morgan fingerprint density at radius 1 is 1.40 bits per heavy atom. The van der Waals surface area contributed by atoms with Crippen molar-refractivity contribution in [2.45, 2.75) is 19.6 Å². The van der Waals surface area contributed by atoms with Crippen molar-refractivity contribution >= 4 is 27.3 Å². The third-order valence-electron chi connectivity index (χ3n) is 2.55. The Kier molecular flexibility index (Phi) is 5.87. The molecule has 7 heteroatoms. The van der Waals surface area contributed by atoms with Crippen LogP contribution in [0.4, 0.5) is 8.78 Å². The molecule has 2 aromatic rings. The van der Waals surface area contributed by atoms with Gasteiger partial charge in [0.25, 0.3) is 0 Å². The quantitative estimate of drug-likeness (QED) is 0.759. The minimum absolute atomic E-state index is 0.199. The Labute approximate surface area is 128 Å². The highest BCUT2D eigenvalue weighted by Crippen LogP contribution is 2.24. The zero-order valence-corrected chi connectivity index (χ0v) is 12.9.